The molecule has 4 heteroatoms. The maximum Gasteiger partial charge on any atom is 0.104 e. The number of benzene rings is 1. The molecule has 0 aliphatic carbocycles. The van der Waals surface area contributed by atoms with Crippen LogP contribution in [0.3, 0.4) is 0 Å². The second kappa shape index (κ2) is 4.13. The molecule has 0 bridgehead atoms. The van der Waals surface area contributed by atoms with Crippen molar-refractivity contribution in [2.24, 2.45) is 7.05 Å². The van der Waals surface area contributed by atoms with Crippen LogP contribution in [0.1, 0.15) is 24.6 Å². The van der Waals surface area contributed by atoms with Gasteiger partial charge in [0.15, 0.2) is 0 Å². The highest BCUT2D eigenvalue weighted by Crippen LogP contribution is 2.31. The Balaban J connectivity index is 2.05. The van der Waals surface area contributed by atoms with Crippen molar-refractivity contribution in [2.75, 3.05) is 6.61 Å². The van der Waals surface area contributed by atoms with Crippen molar-refractivity contribution in [2.45, 2.75) is 25.0 Å². The van der Waals surface area contributed by atoms with Gasteiger partial charge in [0.05, 0.1) is 17.3 Å². The minimum atomic E-state index is -0.269. The van der Waals surface area contributed by atoms with E-state index in [4.69, 9.17) is 4.74 Å². The Labute approximate surface area is 99.8 Å². The van der Waals surface area contributed by atoms with Crippen LogP contribution >= 0.6 is 0 Å². The molecule has 90 valence electrons. The first-order valence-electron chi connectivity index (χ1n) is 5.97. The summed E-state index contributed by atoms with van der Waals surface area (Å²) in [6.45, 7) is 0.608. The van der Waals surface area contributed by atoms with Crippen molar-refractivity contribution in [3.63, 3.8) is 0 Å². The van der Waals surface area contributed by atoms with Crippen LogP contribution in [0.5, 0.6) is 0 Å². The number of rotatable bonds is 1. The number of hydrogen-bond acceptors (Lipinski definition) is 3. The molecule has 1 aliphatic heterocycles. The maximum absolute atomic E-state index is 9.71. The number of fused-ring (bicyclic) bond motifs is 1. The molecule has 17 heavy (non-hydrogen) atoms. The van der Waals surface area contributed by atoms with Crippen molar-refractivity contribution in [1.29, 1.82) is 0 Å². The molecule has 0 spiro atoms. The molecule has 2 unspecified atom stereocenters. The second-order valence-electron chi connectivity index (χ2n) is 4.56. The minimum absolute atomic E-state index is 0.0788. The van der Waals surface area contributed by atoms with Crippen molar-refractivity contribution < 1.29 is 9.84 Å². The third-order valence-electron chi connectivity index (χ3n) is 3.35. The molecule has 2 aromatic rings. The van der Waals surface area contributed by atoms with E-state index >= 15 is 0 Å². The van der Waals surface area contributed by atoms with Crippen LogP contribution in [-0.4, -0.2) is 27.6 Å². The SMILES string of the molecule is Cn1nc(C2CC(O)CCO2)c2ccccc21. The van der Waals surface area contributed by atoms with Gasteiger partial charge in [0.25, 0.3) is 0 Å². The summed E-state index contributed by atoms with van der Waals surface area (Å²) in [6, 6.07) is 8.12. The van der Waals surface area contributed by atoms with Gasteiger partial charge >= 0.3 is 0 Å². The van der Waals surface area contributed by atoms with Crippen LogP contribution in [-0.2, 0) is 11.8 Å². The monoisotopic (exact) mass is 232 g/mol. The highest BCUT2D eigenvalue weighted by Gasteiger charge is 2.26. The van der Waals surface area contributed by atoms with Crippen LogP contribution in [0.25, 0.3) is 10.9 Å². The van der Waals surface area contributed by atoms with Gasteiger partial charge in [0.1, 0.15) is 6.10 Å². The first-order valence-corrected chi connectivity index (χ1v) is 5.97. The number of hydrogen-bond donors (Lipinski definition) is 1. The first-order chi connectivity index (χ1) is 8.25. The standard InChI is InChI=1S/C13H16N2O2/c1-15-11-5-3-2-4-10(11)13(14-15)12-8-9(16)6-7-17-12/h2-5,9,12,16H,6-8H2,1H3. The fourth-order valence-corrected chi connectivity index (χ4v) is 2.45. The molecule has 3 rings (SSSR count). The van der Waals surface area contributed by atoms with Gasteiger partial charge in [0.2, 0.25) is 0 Å². The summed E-state index contributed by atoms with van der Waals surface area (Å²) >= 11 is 0. The smallest absolute Gasteiger partial charge is 0.104 e. The van der Waals surface area contributed by atoms with Crippen LogP contribution < -0.4 is 0 Å². The quantitative estimate of drug-likeness (QED) is 0.815. The first kappa shape index (κ1) is 10.7. The van der Waals surface area contributed by atoms with Gasteiger partial charge in [-0.25, -0.2) is 0 Å². The van der Waals surface area contributed by atoms with Gasteiger partial charge in [-0.05, 0) is 12.5 Å². The van der Waals surface area contributed by atoms with E-state index in [0.29, 0.717) is 13.0 Å². The van der Waals surface area contributed by atoms with Gasteiger partial charge in [-0.1, -0.05) is 18.2 Å². The highest BCUT2D eigenvalue weighted by atomic mass is 16.5. The summed E-state index contributed by atoms with van der Waals surface area (Å²) < 4.78 is 7.59. The van der Waals surface area contributed by atoms with E-state index in [1.807, 2.05) is 29.9 Å². The third kappa shape index (κ3) is 1.83. The molecule has 0 amide bonds. The lowest BCUT2D eigenvalue weighted by Crippen LogP contribution is -2.23. The molecule has 2 atom stereocenters. The molecule has 0 saturated carbocycles. The van der Waals surface area contributed by atoms with Crippen LogP contribution in [0.15, 0.2) is 24.3 Å². The summed E-state index contributed by atoms with van der Waals surface area (Å²) in [7, 11) is 1.94. The number of aliphatic hydroxyl groups excluding tert-OH is 1. The Bertz CT molecular complexity index is 535. The van der Waals surface area contributed by atoms with Crippen LogP contribution in [0.4, 0.5) is 0 Å². The van der Waals surface area contributed by atoms with E-state index in [-0.39, 0.29) is 12.2 Å². The lowest BCUT2D eigenvalue weighted by atomic mass is 10.0. The molecule has 1 saturated heterocycles. The van der Waals surface area contributed by atoms with Gasteiger partial charge in [-0.15, -0.1) is 0 Å². The average molecular weight is 232 g/mol. The summed E-state index contributed by atoms with van der Waals surface area (Å²) in [5.74, 6) is 0. The number of aliphatic hydroxyl groups is 1. The molecule has 1 aromatic heterocycles. The molecule has 1 aromatic carbocycles. The third-order valence-corrected chi connectivity index (χ3v) is 3.35. The Morgan fingerprint density at radius 2 is 2.24 bits per heavy atom. The number of aromatic nitrogens is 2. The number of para-hydroxylation sites is 1. The van der Waals surface area contributed by atoms with E-state index < -0.39 is 0 Å². The molecule has 1 fully saturated rings. The molecule has 0 radical (unpaired) electrons. The fraction of sp³-hybridized carbons (Fsp3) is 0.462. The summed E-state index contributed by atoms with van der Waals surface area (Å²) in [6.07, 6.45) is 1.02. The van der Waals surface area contributed by atoms with E-state index in [1.165, 1.54) is 0 Å². The molecule has 1 N–H and O–H groups in total. The minimum Gasteiger partial charge on any atom is -0.393 e. The predicted octanol–water partition coefficient (Wildman–Crippen LogP) is 1.79. The summed E-state index contributed by atoms with van der Waals surface area (Å²) in [5, 5.41) is 15.4. The highest BCUT2D eigenvalue weighted by molar-refractivity contribution is 5.82. The number of nitrogens with zero attached hydrogens (tertiary/aromatic N) is 2. The van der Waals surface area contributed by atoms with E-state index in [0.717, 1.165) is 23.0 Å². The largest absolute Gasteiger partial charge is 0.393 e. The molecule has 1 aliphatic rings. The second-order valence-corrected chi connectivity index (χ2v) is 4.56. The Morgan fingerprint density at radius 3 is 3.06 bits per heavy atom. The van der Waals surface area contributed by atoms with E-state index in [9.17, 15) is 5.11 Å². The van der Waals surface area contributed by atoms with E-state index in [2.05, 4.69) is 11.2 Å². The zero-order chi connectivity index (χ0) is 11.8. The summed E-state index contributed by atoms with van der Waals surface area (Å²) in [5.41, 5.74) is 2.05. The molecular weight excluding hydrogens is 216 g/mol. The van der Waals surface area contributed by atoms with Gasteiger partial charge in [-0.2, -0.15) is 5.10 Å². The lowest BCUT2D eigenvalue weighted by Gasteiger charge is -2.25. The van der Waals surface area contributed by atoms with Crippen molar-refractivity contribution in [3.05, 3.63) is 30.0 Å². The van der Waals surface area contributed by atoms with Crippen molar-refractivity contribution >= 4 is 10.9 Å². The van der Waals surface area contributed by atoms with Gasteiger partial charge in [-0.3, -0.25) is 4.68 Å². The van der Waals surface area contributed by atoms with Crippen LogP contribution in [0.2, 0.25) is 0 Å². The Kier molecular flexibility index (Phi) is 2.61. The zero-order valence-corrected chi connectivity index (χ0v) is 9.84. The Morgan fingerprint density at radius 1 is 1.41 bits per heavy atom. The lowest BCUT2D eigenvalue weighted by molar-refractivity contribution is -0.0462. The summed E-state index contributed by atoms with van der Waals surface area (Å²) in [4.78, 5) is 0. The normalized spacial score (nSPS) is 25.3. The maximum atomic E-state index is 9.71. The average Bonchev–Trinajstić information content (AvgIpc) is 2.68. The molecule has 2 heterocycles. The van der Waals surface area contributed by atoms with Crippen LogP contribution in [0, 0.1) is 0 Å². The van der Waals surface area contributed by atoms with Crippen molar-refractivity contribution in [1.82, 2.24) is 9.78 Å². The van der Waals surface area contributed by atoms with E-state index in [1.54, 1.807) is 0 Å². The Hall–Kier alpha value is -1.39. The molecule has 4 nitrogen and oxygen atoms in total. The van der Waals surface area contributed by atoms with Gasteiger partial charge in [0, 0.05) is 25.5 Å². The fourth-order valence-electron chi connectivity index (χ4n) is 2.45. The topological polar surface area (TPSA) is 47.3 Å². The molecular formula is C13H16N2O2. The van der Waals surface area contributed by atoms with Gasteiger partial charge < -0.3 is 9.84 Å². The number of ether oxygens (including phenoxy) is 1. The zero-order valence-electron chi connectivity index (χ0n) is 9.84. The predicted molar refractivity (Wildman–Crippen MR) is 64.6 cm³/mol. The number of aryl methyl sites for hydroxylation is 1. The van der Waals surface area contributed by atoms with Crippen molar-refractivity contribution in [3.8, 4) is 0 Å².